The number of nitrogens with zero attached hydrogens (tertiary/aromatic N) is 2. The molecule has 0 spiro atoms. The van der Waals surface area contributed by atoms with Crippen molar-refractivity contribution in [2.45, 2.75) is 23.8 Å². The minimum absolute atomic E-state index is 0.286. The normalized spacial score (nSPS) is 11.2. The first kappa shape index (κ1) is 21.0. The van der Waals surface area contributed by atoms with Gasteiger partial charge in [-0.15, -0.1) is 0 Å². The fourth-order valence-electron chi connectivity index (χ4n) is 3.13. The van der Waals surface area contributed by atoms with Crippen LogP contribution in [0.3, 0.4) is 0 Å². The molecule has 2 aromatic heterocycles. The molecule has 2 heterocycles. The van der Waals surface area contributed by atoms with Crippen LogP contribution in [-0.2, 0) is 0 Å². The van der Waals surface area contributed by atoms with Crippen molar-refractivity contribution < 1.29 is 9.21 Å². The summed E-state index contributed by atoms with van der Waals surface area (Å²) in [5, 5.41) is 5.42. The van der Waals surface area contributed by atoms with Gasteiger partial charge in [-0.2, -0.15) is 5.10 Å². The van der Waals surface area contributed by atoms with Crippen molar-refractivity contribution in [1.29, 1.82) is 0 Å². The summed E-state index contributed by atoms with van der Waals surface area (Å²) in [4.78, 5) is 13.4. The lowest BCUT2D eigenvalue weighted by Gasteiger charge is -2.09. The Kier molecular flexibility index (Phi) is 6.30. The second-order valence-electron chi connectivity index (χ2n) is 6.91. The molecule has 0 fully saturated rings. The highest BCUT2D eigenvalue weighted by molar-refractivity contribution is 7.99. The quantitative estimate of drug-likeness (QED) is 0.279. The fourth-order valence-corrected chi connectivity index (χ4v) is 4.04. The average Bonchev–Trinajstić information content (AvgIpc) is 3.35. The van der Waals surface area contributed by atoms with E-state index in [1.165, 1.54) is 18.0 Å². The lowest BCUT2D eigenvalue weighted by atomic mass is 10.2. The molecule has 0 saturated heterocycles. The predicted molar refractivity (Wildman–Crippen MR) is 125 cm³/mol. The highest BCUT2D eigenvalue weighted by Gasteiger charge is 2.08. The third-order valence-electron chi connectivity index (χ3n) is 4.65. The van der Waals surface area contributed by atoms with Crippen LogP contribution in [0.5, 0.6) is 0 Å². The monoisotopic (exact) mass is 449 g/mol. The summed E-state index contributed by atoms with van der Waals surface area (Å²) in [7, 11) is 0. The van der Waals surface area contributed by atoms with Crippen molar-refractivity contribution in [2.24, 2.45) is 5.10 Å². The van der Waals surface area contributed by atoms with Crippen LogP contribution in [-0.4, -0.2) is 16.7 Å². The van der Waals surface area contributed by atoms with E-state index >= 15 is 0 Å². The Labute approximate surface area is 189 Å². The molecule has 7 heteroatoms. The summed E-state index contributed by atoms with van der Waals surface area (Å²) in [6.45, 7) is 4.10. The van der Waals surface area contributed by atoms with E-state index in [0.29, 0.717) is 16.3 Å². The van der Waals surface area contributed by atoms with Gasteiger partial charge in [0.05, 0.1) is 6.21 Å². The molecular weight excluding hydrogens is 430 g/mol. The summed E-state index contributed by atoms with van der Waals surface area (Å²) in [6, 6.07) is 22.7. The maximum atomic E-state index is 12.4. The number of aromatic nitrogens is 1. The van der Waals surface area contributed by atoms with Gasteiger partial charge in [0.15, 0.2) is 5.09 Å². The van der Waals surface area contributed by atoms with Gasteiger partial charge in [-0.3, -0.25) is 4.79 Å². The lowest BCUT2D eigenvalue weighted by molar-refractivity contribution is 0.0955. The number of amides is 1. The predicted octanol–water partition coefficient (Wildman–Crippen LogP) is 6.26. The lowest BCUT2D eigenvalue weighted by Crippen LogP contribution is -2.17. The van der Waals surface area contributed by atoms with E-state index in [9.17, 15) is 4.79 Å². The third kappa shape index (κ3) is 5.10. The number of carbonyl (C=O) groups excluding carboxylic acids is 1. The number of hydrazone groups is 1. The first-order chi connectivity index (χ1) is 15.0. The zero-order valence-corrected chi connectivity index (χ0v) is 18.6. The second kappa shape index (κ2) is 9.29. The average molecular weight is 450 g/mol. The number of aryl methyl sites for hydroxylation is 2. The van der Waals surface area contributed by atoms with Crippen LogP contribution in [0.15, 0.2) is 92.3 Å². The van der Waals surface area contributed by atoms with Crippen molar-refractivity contribution in [2.75, 3.05) is 0 Å². The molecule has 5 nitrogen and oxygen atoms in total. The van der Waals surface area contributed by atoms with E-state index in [0.717, 1.165) is 27.1 Å². The molecule has 0 aliphatic rings. The highest BCUT2D eigenvalue weighted by atomic mass is 35.5. The zero-order chi connectivity index (χ0) is 21.8. The summed E-state index contributed by atoms with van der Waals surface area (Å²) >= 11 is 7.38. The number of hydrogen-bond acceptors (Lipinski definition) is 4. The molecule has 0 aliphatic carbocycles. The molecule has 0 bridgehead atoms. The number of nitrogens with one attached hydrogen (secondary N) is 1. The first-order valence-electron chi connectivity index (χ1n) is 9.62. The van der Waals surface area contributed by atoms with Gasteiger partial charge < -0.3 is 8.98 Å². The Bertz CT molecular complexity index is 1210. The van der Waals surface area contributed by atoms with Crippen molar-refractivity contribution in [3.05, 3.63) is 101 Å². The molecule has 2 aromatic carbocycles. The summed E-state index contributed by atoms with van der Waals surface area (Å²) in [5.74, 6) is 0.261. The Balaban J connectivity index is 1.35. The summed E-state index contributed by atoms with van der Waals surface area (Å²) in [5.41, 5.74) is 6.37. The molecule has 31 heavy (non-hydrogen) atoms. The van der Waals surface area contributed by atoms with E-state index in [4.69, 9.17) is 16.0 Å². The van der Waals surface area contributed by atoms with Crippen LogP contribution in [0.1, 0.15) is 27.5 Å². The largest absolute Gasteiger partial charge is 0.448 e. The van der Waals surface area contributed by atoms with E-state index in [1.807, 2.05) is 42.5 Å². The molecular formula is C24H20ClN3O2S. The van der Waals surface area contributed by atoms with Crippen molar-refractivity contribution >= 4 is 35.5 Å². The molecule has 1 amide bonds. The number of halogens is 1. The van der Waals surface area contributed by atoms with Crippen LogP contribution in [0.4, 0.5) is 0 Å². The van der Waals surface area contributed by atoms with Crippen LogP contribution in [0, 0.1) is 13.8 Å². The molecule has 156 valence electrons. The molecule has 0 atom stereocenters. The van der Waals surface area contributed by atoms with Gasteiger partial charge in [-0.05, 0) is 86.6 Å². The number of benzene rings is 2. The summed E-state index contributed by atoms with van der Waals surface area (Å²) in [6.07, 6.45) is 1.48. The van der Waals surface area contributed by atoms with Gasteiger partial charge in [-0.25, -0.2) is 5.43 Å². The second-order valence-corrected chi connectivity index (χ2v) is 8.42. The smallest absolute Gasteiger partial charge is 0.271 e. The minimum Gasteiger partial charge on any atom is -0.448 e. The molecule has 4 aromatic rings. The first-order valence-corrected chi connectivity index (χ1v) is 10.8. The maximum absolute atomic E-state index is 12.4. The standard InChI is InChI=1S/C24H20ClN3O2S/c1-16-3-4-17(2)28(16)20-9-5-18(6-10-20)24(29)27-26-15-21-11-14-23(30-21)31-22-12-7-19(25)8-13-22/h3-15H,1-2H3,(H,27,29)/b26-15-. The SMILES string of the molecule is Cc1ccc(C)n1-c1ccc(C(=O)N/N=C\c2ccc(Sc3ccc(Cl)cc3)o2)cc1. The number of rotatable bonds is 6. The van der Waals surface area contributed by atoms with Crippen molar-refractivity contribution in [3.8, 4) is 5.69 Å². The van der Waals surface area contributed by atoms with Crippen LogP contribution in [0.25, 0.3) is 5.69 Å². The number of hydrogen-bond donors (Lipinski definition) is 1. The van der Waals surface area contributed by atoms with Gasteiger partial charge >= 0.3 is 0 Å². The molecule has 0 saturated carbocycles. The fraction of sp³-hybridized carbons (Fsp3) is 0.0833. The van der Waals surface area contributed by atoms with E-state index in [-0.39, 0.29) is 5.91 Å². The van der Waals surface area contributed by atoms with Crippen molar-refractivity contribution in [1.82, 2.24) is 9.99 Å². The maximum Gasteiger partial charge on any atom is 0.271 e. The van der Waals surface area contributed by atoms with Crippen LogP contribution < -0.4 is 5.43 Å². The third-order valence-corrected chi connectivity index (χ3v) is 5.83. The molecule has 0 radical (unpaired) electrons. The number of carbonyl (C=O) groups is 1. The van der Waals surface area contributed by atoms with E-state index in [2.05, 4.69) is 41.1 Å². The molecule has 4 rings (SSSR count). The Morgan fingerprint density at radius 3 is 2.32 bits per heavy atom. The molecule has 0 unspecified atom stereocenters. The van der Waals surface area contributed by atoms with Gasteiger partial charge in [0.25, 0.3) is 5.91 Å². The van der Waals surface area contributed by atoms with Crippen LogP contribution >= 0.6 is 23.4 Å². The molecule has 0 aliphatic heterocycles. The zero-order valence-electron chi connectivity index (χ0n) is 17.0. The van der Waals surface area contributed by atoms with E-state index < -0.39 is 0 Å². The highest BCUT2D eigenvalue weighted by Crippen LogP contribution is 2.29. The van der Waals surface area contributed by atoms with Crippen molar-refractivity contribution in [3.63, 3.8) is 0 Å². The van der Waals surface area contributed by atoms with Gasteiger partial charge in [0.1, 0.15) is 5.76 Å². The van der Waals surface area contributed by atoms with Gasteiger partial charge in [0.2, 0.25) is 0 Å². The van der Waals surface area contributed by atoms with Gasteiger partial charge in [-0.1, -0.05) is 23.4 Å². The minimum atomic E-state index is -0.286. The molecule has 1 N–H and O–H groups in total. The number of furan rings is 1. The Morgan fingerprint density at radius 2 is 1.65 bits per heavy atom. The Hall–Kier alpha value is -3.22. The topological polar surface area (TPSA) is 59.5 Å². The van der Waals surface area contributed by atoms with Crippen LogP contribution in [0.2, 0.25) is 5.02 Å². The Morgan fingerprint density at radius 1 is 0.968 bits per heavy atom. The van der Waals surface area contributed by atoms with E-state index in [1.54, 1.807) is 18.2 Å². The summed E-state index contributed by atoms with van der Waals surface area (Å²) < 4.78 is 7.85. The van der Waals surface area contributed by atoms with Gasteiger partial charge in [0, 0.05) is 32.6 Å².